The van der Waals surface area contributed by atoms with Crippen LogP contribution in [0.3, 0.4) is 0 Å². The molecule has 15 heteroatoms. The number of urea groups is 1. The summed E-state index contributed by atoms with van der Waals surface area (Å²) in [6.45, 7) is 5.06. The van der Waals surface area contributed by atoms with Gasteiger partial charge in [0.15, 0.2) is 17.0 Å². The average Bonchev–Trinajstić information content (AvgIpc) is 3.97. The molecule has 8 rings (SSSR count). The van der Waals surface area contributed by atoms with Gasteiger partial charge >= 0.3 is 6.03 Å². The number of aromatic nitrogens is 5. The Morgan fingerprint density at radius 1 is 0.789 bits per heavy atom. The fourth-order valence-corrected chi connectivity index (χ4v) is 8.41. The van der Waals surface area contributed by atoms with Crippen LogP contribution in [0.1, 0.15) is 62.1 Å². The van der Waals surface area contributed by atoms with Crippen LogP contribution in [0.2, 0.25) is 0 Å². The number of carbonyl (C=O) groups is 2. The molecule has 15 nitrogen and oxygen atoms in total. The van der Waals surface area contributed by atoms with Crippen LogP contribution in [0.4, 0.5) is 22.4 Å². The molecular formula is C42H51N11O4. The first-order valence-corrected chi connectivity index (χ1v) is 20.1. The Hall–Kier alpha value is -5.80. The Labute approximate surface area is 331 Å². The van der Waals surface area contributed by atoms with Gasteiger partial charge in [-0.2, -0.15) is 9.97 Å². The maximum atomic E-state index is 13.2. The largest absolute Gasteiger partial charge is 0.388 e. The summed E-state index contributed by atoms with van der Waals surface area (Å²) in [4.78, 5) is 49.1. The van der Waals surface area contributed by atoms with E-state index in [1.807, 2.05) is 54.6 Å². The molecule has 0 bridgehead atoms. The number of piperidine rings is 1. The van der Waals surface area contributed by atoms with E-state index in [2.05, 4.69) is 60.3 Å². The Morgan fingerprint density at radius 2 is 1.46 bits per heavy atom. The summed E-state index contributed by atoms with van der Waals surface area (Å²) in [5.41, 5.74) is 3.34. The summed E-state index contributed by atoms with van der Waals surface area (Å²) >= 11 is 0. The van der Waals surface area contributed by atoms with Gasteiger partial charge in [0.05, 0.1) is 18.4 Å². The molecule has 1 saturated carbocycles. The third-order valence-electron chi connectivity index (χ3n) is 11.6. The van der Waals surface area contributed by atoms with E-state index in [1.54, 1.807) is 24.0 Å². The maximum Gasteiger partial charge on any atom is 0.315 e. The molecule has 1 aliphatic carbocycles. The van der Waals surface area contributed by atoms with Gasteiger partial charge in [-0.3, -0.25) is 4.79 Å². The predicted octanol–water partition coefficient (Wildman–Crippen LogP) is 3.57. The Bertz CT molecular complexity index is 2070. The Morgan fingerprint density at radius 3 is 2.14 bits per heavy atom. The first-order chi connectivity index (χ1) is 27.8. The van der Waals surface area contributed by atoms with Crippen LogP contribution in [0.5, 0.6) is 0 Å². The van der Waals surface area contributed by atoms with Crippen molar-refractivity contribution in [3.05, 3.63) is 103 Å². The fourth-order valence-electron chi connectivity index (χ4n) is 8.41. The number of benzene rings is 2. The smallest absolute Gasteiger partial charge is 0.315 e. The summed E-state index contributed by atoms with van der Waals surface area (Å²) in [5.74, 6) is 1.79. The van der Waals surface area contributed by atoms with Gasteiger partial charge < -0.3 is 45.8 Å². The number of nitrogens with one attached hydrogen (secondary N) is 4. The number of aliphatic hydroxyl groups excluding tert-OH is 2. The second-order valence-electron chi connectivity index (χ2n) is 15.3. The summed E-state index contributed by atoms with van der Waals surface area (Å²) in [5, 5.41) is 35.0. The molecule has 5 atom stereocenters. The van der Waals surface area contributed by atoms with Gasteiger partial charge in [0.2, 0.25) is 11.9 Å². The van der Waals surface area contributed by atoms with Gasteiger partial charge in [0.25, 0.3) is 0 Å². The van der Waals surface area contributed by atoms with Crippen molar-refractivity contribution in [1.82, 2.24) is 40.5 Å². The van der Waals surface area contributed by atoms with E-state index in [1.165, 1.54) is 0 Å². The standard InChI is InChI=1S/C42H51N11O4/c1-2-35(54)48-32-23-33(38(56)37(32)55)53-26-45-36-39(44-24-31(27-11-5-3-6-12-27)28-13-7-4-8-14-28)49-41(50-40(36)53)52-22-18-30(25-52)47-42(57)46-29-16-20-51(21-17-29)34-15-9-10-19-43-34/h3-15,19,26,29-33,37-38,55-56H,2,16-18,20-25H2,1H3,(H,48,54)(H,44,49,50)(H2,46,47,57)/t30-,32+,33-,37-,38+/m1/s1. The number of anilines is 3. The zero-order chi connectivity index (χ0) is 39.3. The third-order valence-corrected chi connectivity index (χ3v) is 11.6. The van der Waals surface area contributed by atoms with Crippen molar-refractivity contribution in [2.24, 2.45) is 0 Å². The number of rotatable bonds is 12. The maximum absolute atomic E-state index is 13.2. The minimum atomic E-state index is -1.15. The SMILES string of the molecule is CCC(=O)N[C@H]1C[C@@H](n2cnc3c(NCC(c4ccccc4)c4ccccc4)nc(N4CC[C@@H](NC(=O)NC5CCN(c6ccccn6)CC5)C4)nc32)[C@H](O)[C@@H]1O. The topological polar surface area (TPSA) is 186 Å². The number of amides is 3. The number of hydrogen-bond acceptors (Lipinski definition) is 11. The molecule has 0 unspecified atom stereocenters. The van der Waals surface area contributed by atoms with Crippen molar-refractivity contribution in [2.45, 2.75) is 81.3 Å². The van der Waals surface area contributed by atoms with Crippen molar-refractivity contribution in [3.8, 4) is 0 Å². The Kier molecular flexibility index (Phi) is 11.5. The van der Waals surface area contributed by atoms with Gasteiger partial charge in [-0.1, -0.05) is 73.7 Å². The van der Waals surface area contributed by atoms with E-state index in [0.717, 1.165) is 42.9 Å². The first-order valence-electron chi connectivity index (χ1n) is 20.1. The van der Waals surface area contributed by atoms with Crippen molar-refractivity contribution in [2.75, 3.05) is 47.8 Å². The molecule has 3 aliphatic rings. The number of imidazole rings is 1. The fraction of sp³-hybridized carbons (Fsp3) is 0.429. The van der Waals surface area contributed by atoms with Gasteiger partial charge in [-0.15, -0.1) is 0 Å². The van der Waals surface area contributed by atoms with Crippen molar-refractivity contribution < 1.29 is 19.8 Å². The first kappa shape index (κ1) is 38.1. The van der Waals surface area contributed by atoms with Crippen LogP contribution < -0.4 is 31.1 Å². The highest BCUT2D eigenvalue weighted by atomic mass is 16.3. The van der Waals surface area contributed by atoms with Crippen LogP contribution in [-0.2, 0) is 4.79 Å². The normalized spacial score (nSPS) is 22.6. The molecule has 3 fully saturated rings. The van der Waals surface area contributed by atoms with E-state index in [4.69, 9.17) is 15.0 Å². The zero-order valence-corrected chi connectivity index (χ0v) is 32.1. The summed E-state index contributed by atoms with van der Waals surface area (Å²) in [6.07, 6.45) is 4.10. The van der Waals surface area contributed by atoms with E-state index in [-0.39, 0.29) is 36.4 Å². The number of aliphatic hydroxyl groups is 2. The minimum absolute atomic E-state index is 0.0128. The highest BCUT2D eigenvalue weighted by Crippen LogP contribution is 2.35. The zero-order valence-electron chi connectivity index (χ0n) is 32.1. The second kappa shape index (κ2) is 17.1. The lowest BCUT2D eigenvalue weighted by molar-refractivity contribution is -0.122. The molecule has 5 aromatic rings. The molecule has 57 heavy (non-hydrogen) atoms. The number of pyridine rings is 1. The van der Waals surface area contributed by atoms with Crippen LogP contribution in [0.15, 0.2) is 91.4 Å². The monoisotopic (exact) mass is 773 g/mol. The lowest BCUT2D eigenvalue weighted by Crippen LogP contribution is -2.50. The molecule has 0 radical (unpaired) electrons. The second-order valence-corrected chi connectivity index (χ2v) is 15.3. The molecular weight excluding hydrogens is 723 g/mol. The molecule has 298 valence electrons. The molecule has 3 amide bonds. The van der Waals surface area contributed by atoms with Gasteiger partial charge in [0, 0.05) is 63.3 Å². The summed E-state index contributed by atoms with van der Waals surface area (Å²) in [7, 11) is 0. The lowest BCUT2D eigenvalue weighted by Gasteiger charge is -2.33. The molecule has 2 aromatic carbocycles. The van der Waals surface area contributed by atoms with Crippen LogP contribution in [0, 0.1) is 0 Å². The Balaban J connectivity index is 1.01. The van der Waals surface area contributed by atoms with E-state index < -0.39 is 24.3 Å². The molecule has 2 saturated heterocycles. The van der Waals surface area contributed by atoms with Crippen LogP contribution in [-0.4, -0.2) is 110 Å². The highest BCUT2D eigenvalue weighted by Gasteiger charge is 2.44. The van der Waals surface area contributed by atoms with Crippen LogP contribution in [0.25, 0.3) is 11.2 Å². The summed E-state index contributed by atoms with van der Waals surface area (Å²) in [6, 6.07) is 25.1. The van der Waals surface area contributed by atoms with Gasteiger partial charge in [-0.25, -0.2) is 14.8 Å². The van der Waals surface area contributed by atoms with E-state index in [0.29, 0.717) is 55.4 Å². The minimum Gasteiger partial charge on any atom is -0.388 e. The quantitative estimate of drug-likeness (QED) is 0.109. The highest BCUT2D eigenvalue weighted by molar-refractivity contribution is 5.85. The molecule has 6 N–H and O–H groups in total. The molecule has 5 heterocycles. The molecule has 0 spiro atoms. The van der Waals surface area contributed by atoms with Gasteiger partial charge in [0.1, 0.15) is 18.0 Å². The number of hydrogen-bond donors (Lipinski definition) is 6. The average molecular weight is 774 g/mol. The van der Waals surface area contributed by atoms with E-state index in [9.17, 15) is 19.8 Å². The molecule has 2 aliphatic heterocycles. The number of nitrogens with zero attached hydrogens (tertiary/aromatic N) is 7. The van der Waals surface area contributed by atoms with Crippen LogP contribution >= 0.6 is 0 Å². The number of fused-ring (bicyclic) bond motifs is 1. The van der Waals surface area contributed by atoms with E-state index >= 15 is 0 Å². The van der Waals surface area contributed by atoms with Crippen molar-refractivity contribution in [3.63, 3.8) is 0 Å². The third kappa shape index (κ3) is 8.49. The summed E-state index contributed by atoms with van der Waals surface area (Å²) < 4.78 is 1.79. The van der Waals surface area contributed by atoms with Gasteiger partial charge in [-0.05, 0) is 48.9 Å². The lowest BCUT2D eigenvalue weighted by atomic mass is 9.91. The van der Waals surface area contributed by atoms with Crippen molar-refractivity contribution in [1.29, 1.82) is 0 Å². The number of carbonyl (C=O) groups excluding carboxylic acids is 2. The molecule has 3 aromatic heterocycles. The van der Waals surface area contributed by atoms with Crippen molar-refractivity contribution >= 4 is 40.7 Å². The predicted molar refractivity (Wildman–Crippen MR) is 218 cm³/mol.